The maximum atomic E-state index is 6.20. The minimum Gasteiger partial charge on any atom is -0.372 e. The fourth-order valence-corrected chi connectivity index (χ4v) is 3.39. The molecule has 0 N–H and O–H groups in total. The van der Waals surface area contributed by atoms with E-state index in [0.717, 1.165) is 25.9 Å². The number of likely N-dealkylation sites (tertiary alicyclic amines) is 1. The molecule has 0 aliphatic carbocycles. The van der Waals surface area contributed by atoms with Crippen LogP contribution in [0.25, 0.3) is 0 Å². The zero-order valence-electron chi connectivity index (χ0n) is 14.5. The van der Waals surface area contributed by atoms with Crippen LogP contribution in [0.5, 0.6) is 0 Å². The number of hydrogen-bond acceptors (Lipinski definition) is 2. The van der Waals surface area contributed by atoms with Crippen LogP contribution in [0.1, 0.15) is 30.9 Å². The Hall–Kier alpha value is -1.90. The lowest BCUT2D eigenvalue weighted by atomic mass is 9.98. The van der Waals surface area contributed by atoms with E-state index in [2.05, 4.69) is 78.6 Å². The van der Waals surface area contributed by atoms with Crippen molar-refractivity contribution in [1.29, 1.82) is 0 Å². The summed E-state index contributed by atoms with van der Waals surface area (Å²) in [6.07, 6.45) is 7.11. The van der Waals surface area contributed by atoms with Gasteiger partial charge in [-0.25, -0.2) is 0 Å². The molecular formula is C22H27NO. The van der Waals surface area contributed by atoms with E-state index in [4.69, 9.17) is 4.74 Å². The van der Waals surface area contributed by atoms with Crippen molar-refractivity contribution in [2.75, 3.05) is 6.54 Å². The van der Waals surface area contributed by atoms with Crippen LogP contribution < -0.4 is 0 Å². The van der Waals surface area contributed by atoms with Crippen molar-refractivity contribution in [1.82, 2.24) is 4.90 Å². The summed E-state index contributed by atoms with van der Waals surface area (Å²) in [5.74, 6) is 0. The Kier molecular flexibility index (Phi) is 6.22. The predicted octanol–water partition coefficient (Wildman–Crippen LogP) is 4.81. The van der Waals surface area contributed by atoms with Crippen LogP contribution in [0.3, 0.4) is 0 Å². The third kappa shape index (κ3) is 4.80. The monoisotopic (exact) mass is 321 g/mol. The van der Waals surface area contributed by atoms with Gasteiger partial charge >= 0.3 is 0 Å². The van der Waals surface area contributed by atoms with E-state index in [1.54, 1.807) is 0 Å². The third-order valence-corrected chi connectivity index (χ3v) is 4.66. The van der Waals surface area contributed by atoms with E-state index >= 15 is 0 Å². The van der Waals surface area contributed by atoms with Gasteiger partial charge in [0.25, 0.3) is 0 Å². The van der Waals surface area contributed by atoms with Gasteiger partial charge in [-0.2, -0.15) is 0 Å². The molecule has 2 aromatic rings. The fourth-order valence-electron chi connectivity index (χ4n) is 3.39. The van der Waals surface area contributed by atoms with Gasteiger partial charge in [-0.05, 0) is 30.9 Å². The van der Waals surface area contributed by atoms with Gasteiger partial charge < -0.3 is 4.74 Å². The molecule has 0 aromatic heterocycles. The first-order valence-corrected chi connectivity index (χ1v) is 8.91. The largest absolute Gasteiger partial charge is 0.372 e. The van der Waals surface area contributed by atoms with Crippen molar-refractivity contribution >= 4 is 0 Å². The highest BCUT2D eigenvalue weighted by Crippen LogP contribution is 2.23. The maximum absolute atomic E-state index is 6.20. The summed E-state index contributed by atoms with van der Waals surface area (Å²) in [5, 5.41) is 0. The molecule has 2 heteroatoms. The lowest BCUT2D eigenvalue weighted by molar-refractivity contribution is -0.0234. The normalized spacial score (nSPS) is 22.0. The van der Waals surface area contributed by atoms with Gasteiger partial charge in [0.15, 0.2) is 0 Å². The van der Waals surface area contributed by atoms with E-state index in [-0.39, 0.29) is 0 Å². The molecule has 1 saturated heterocycles. The first kappa shape index (κ1) is 16.9. The van der Waals surface area contributed by atoms with Crippen molar-refractivity contribution in [2.24, 2.45) is 0 Å². The minimum atomic E-state index is 0.315. The molecule has 2 aromatic carbocycles. The highest BCUT2D eigenvalue weighted by atomic mass is 16.5. The molecule has 3 rings (SSSR count). The second-order valence-corrected chi connectivity index (χ2v) is 6.50. The van der Waals surface area contributed by atoms with Gasteiger partial charge in [0, 0.05) is 19.1 Å². The summed E-state index contributed by atoms with van der Waals surface area (Å²) in [6.45, 7) is 4.80. The number of piperidine rings is 1. The zero-order chi connectivity index (χ0) is 16.6. The van der Waals surface area contributed by atoms with Crippen LogP contribution in [0.2, 0.25) is 0 Å². The molecule has 24 heavy (non-hydrogen) atoms. The molecule has 0 amide bonds. The van der Waals surface area contributed by atoms with E-state index < -0.39 is 0 Å². The van der Waals surface area contributed by atoms with E-state index in [1.165, 1.54) is 11.1 Å². The molecule has 1 aliphatic heterocycles. The number of ether oxygens (including phenoxy) is 1. The van der Waals surface area contributed by atoms with Gasteiger partial charge in [-0.3, -0.25) is 4.90 Å². The van der Waals surface area contributed by atoms with E-state index in [9.17, 15) is 0 Å². The number of allylic oxidation sites excluding steroid dienone is 1. The highest BCUT2D eigenvalue weighted by Gasteiger charge is 2.27. The Bertz CT molecular complexity index is 623. The fraction of sp³-hybridized carbons (Fsp3) is 0.364. The molecule has 1 aliphatic rings. The van der Waals surface area contributed by atoms with Gasteiger partial charge in [0.2, 0.25) is 0 Å². The Morgan fingerprint density at radius 3 is 2.29 bits per heavy atom. The molecule has 2 atom stereocenters. The van der Waals surface area contributed by atoms with Crippen molar-refractivity contribution in [3.8, 4) is 0 Å². The Morgan fingerprint density at radius 2 is 1.62 bits per heavy atom. The van der Waals surface area contributed by atoms with Gasteiger partial charge in [-0.1, -0.05) is 72.8 Å². The average molecular weight is 321 g/mol. The zero-order valence-corrected chi connectivity index (χ0v) is 14.5. The smallest absolute Gasteiger partial charge is 0.0721 e. The molecule has 126 valence electrons. The van der Waals surface area contributed by atoms with Crippen LogP contribution in [0, 0.1) is 0 Å². The molecule has 1 heterocycles. The summed E-state index contributed by atoms with van der Waals surface area (Å²) in [6, 6.07) is 21.7. The molecule has 0 saturated carbocycles. The lowest BCUT2D eigenvalue weighted by Gasteiger charge is -2.38. The molecule has 0 unspecified atom stereocenters. The number of nitrogens with zero attached hydrogens (tertiary/aromatic N) is 1. The molecule has 2 nitrogen and oxygen atoms in total. The topological polar surface area (TPSA) is 12.5 Å². The Balaban J connectivity index is 1.60. The van der Waals surface area contributed by atoms with Crippen LogP contribution in [0.4, 0.5) is 0 Å². The predicted molar refractivity (Wildman–Crippen MR) is 99.7 cm³/mol. The Labute approximate surface area is 145 Å². The molecule has 0 bridgehead atoms. The Morgan fingerprint density at radius 1 is 0.958 bits per heavy atom. The molecule has 0 spiro atoms. The van der Waals surface area contributed by atoms with Crippen LogP contribution in [-0.2, 0) is 17.9 Å². The first-order valence-electron chi connectivity index (χ1n) is 8.91. The average Bonchev–Trinajstić information content (AvgIpc) is 2.64. The van der Waals surface area contributed by atoms with Gasteiger partial charge in [-0.15, -0.1) is 0 Å². The maximum Gasteiger partial charge on any atom is 0.0721 e. The molecule has 1 fully saturated rings. The van der Waals surface area contributed by atoms with Gasteiger partial charge in [0.1, 0.15) is 0 Å². The second kappa shape index (κ2) is 8.81. The summed E-state index contributed by atoms with van der Waals surface area (Å²) >= 11 is 0. The quantitative estimate of drug-likeness (QED) is 0.708. The van der Waals surface area contributed by atoms with Crippen molar-refractivity contribution < 1.29 is 4.74 Å². The van der Waals surface area contributed by atoms with Gasteiger partial charge in [0.05, 0.1) is 12.7 Å². The summed E-state index contributed by atoms with van der Waals surface area (Å²) in [7, 11) is 0. The van der Waals surface area contributed by atoms with Crippen LogP contribution in [-0.4, -0.2) is 23.6 Å². The molecule has 0 radical (unpaired) electrons. The number of benzene rings is 2. The summed E-state index contributed by atoms with van der Waals surface area (Å²) in [5.41, 5.74) is 2.62. The minimum absolute atomic E-state index is 0.315. The van der Waals surface area contributed by atoms with E-state index in [0.29, 0.717) is 18.8 Å². The van der Waals surface area contributed by atoms with Crippen LogP contribution in [0.15, 0.2) is 72.8 Å². The first-order chi connectivity index (χ1) is 11.8. The van der Waals surface area contributed by atoms with E-state index in [1.807, 2.05) is 6.07 Å². The number of hydrogen-bond donors (Lipinski definition) is 0. The summed E-state index contributed by atoms with van der Waals surface area (Å²) < 4.78 is 6.20. The van der Waals surface area contributed by atoms with Crippen molar-refractivity contribution in [2.45, 2.75) is 45.1 Å². The number of rotatable bonds is 6. The highest BCUT2D eigenvalue weighted by molar-refractivity contribution is 5.16. The SMILES string of the molecule is CC=C[C@H]1CC[C@H](OCc2ccccc2)CN1Cc1ccccc1. The summed E-state index contributed by atoms with van der Waals surface area (Å²) in [4.78, 5) is 2.55. The van der Waals surface area contributed by atoms with Crippen LogP contribution >= 0.6 is 0 Å². The van der Waals surface area contributed by atoms with Crippen molar-refractivity contribution in [3.05, 3.63) is 83.9 Å². The lowest BCUT2D eigenvalue weighted by Crippen LogP contribution is -2.45. The standard InChI is InChI=1S/C22H27NO/c1-2-9-21-14-15-22(24-18-20-12-7-4-8-13-20)17-23(21)16-19-10-5-3-6-11-19/h2-13,21-22H,14-18H2,1H3/t21-,22-/m0/s1. The second-order valence-electron chi connectivity index (χ2n) is 6.50. The third-order valence-electron chi connectivity index (χ3n) is 4.66. The molecular weight excluding hydrogens is 294 g/mol. The van der Waals surface area contributed by atoms with Crippen molar-refractivity contribution in [3.63, 3.8) is 0 Å².